The second kappa shape index (κ2) is 3.49. The Morgan fingerprint density at radius 1 is 1.47 bits per heavy atom. The van der Waals surface area contributed by atoms with Gasteiger partial charge in [-0.15, -0.1) is 0 Å². The maximum Gasteiger partial charge on any atom is 0.134 e. The first-order valence-corrected chi connectivity index (χ1v) is 5.70. The fourth-order valence-electron chi connectivity index (χ4n) is 3.00. The van der Waals surface area contributed by atoms with Gasteiger partial charge in [-0.05, 0) is 31.2 Å². The van der Waals surface area contributed by atoms with Gasteiger partial charge in [0, 0.05) is 24.3 Å². The number of hydrogen-bond donors (Lipinski definition) is 1. The Morgan fingerprint density at radius 2 is 2.40 bits per heavy atom. The largest absolute Gasteiger partial charge is 0.392 e. The summed E-state index contributed by atoms with van der Waals surface area (Å²) in [7, 11) is 0. The van der Waals surface area contributed by atoms with Crippen LogP contribution in [-0.2, 0) is 6.61 Å². The topological polar surface area (TPSA) is 36.4 Å². The van der Waals surface area contributed by atoms with Crippen LogP contribution < -0.4 is 4.90 Å². The van der Waals surface area contributed by atoms with Crippen LogP contribution in [0.4, 0.5) is 5.82 Å². The van der Waals surface area contributed by atoms with Crippen LogP contribution in [0.2, 0.25) is 0 Å². The minimum absolute atomic E-state index is 0.0943. The summed E-state index contributed by atoms with van der Waals surface area (Å²) in [5, 5.41) is 9.28. The van der Waals surface area contributed by atoms with Crippen LogP contribution in [0.15, 0.2) is 18.3 Å². The van der Waals surface area contributed by atoms with Gasteiger partial charge in [-0.1, -0.05) is 6.07 Å². The molecule has 3 heteroatoms. The number of aliphatic hydroxyl groups excluding tert-OH is 1. The van der Waals surface area contributed by atoms with E-state index in [1.165, 1.54) is 19.3 Å². The number of rotatable bonds is 2. The molecule has 2 bridgehead atoms. The molecular formula is C12H16N2O. The Labute approximate surface area is 89.7 Å². The molecule has 2 heterocycles. The van der Waals surface area contributed by atoms with Crippen LogP contribution in [0.1, 0.15) is 24.8 Å². The van der Waals surface area contributed by atoms with E-state index in [9.17, 15) is 5.11 Å². The molecule has 2 unspecified atom stereocenters. The van der Waals surface area contributed by atoms with Crippen molar-refractivity contribution >= 4 is 5.82 Å². The van der Waals surface area contributed by atoms with Crippen molar-refractivity contribution in [2.24, 2.45) is 5.92 Å². The molecule has 0 radical (unpaired) electrons. The SMILES string of the molecule is OCc1cccnc1N1CC2CCC1C2. The van der Waals surface area contributed by atoms with E-state index >= 15 is 0 Å². The molecule has 2 atom stereocenters. The molecule has 80 valence electrons. The molecule has 1 aliphatic carbocycles. The first kappa shape index (κ1) is 9.16. The molecule has 1 aromatic heterocycles. The Balaban J connectivity index is 1.92. The van der Waals surface area contributed by atoms with Gasteiger partial charge in [0.2, 0.25) is 0 Å². The third-order valence-corrected chi connectivity index (χ3v) is 3.72. The van der Waals surface area contributed by atoms with Crippen molar-refractivity contribution in [3.05, 3.63) is 23.9 Å². The Morgan fingerprint density at radius 3 is 3.07 bits per heavy atom. The number of aromatic nitrogens is 1. The fraction of sp³-hybridized carbons (Fsp3) is 0.583. The Kier molecular flexibility index (Phi) is 2.13. The van der Waals surface area contributed by atoms with Gasteiger partial charge >= 0.3 is 0 Å². The van der Waals surface area contributed by atoms with Crippen LogP contribution >= 0.6 is 0 Å². The number of fused-ring (bicyclic) bond motifs is 2. The number of aliphatic hydroxyl groups is 1. The van der Waals surface area contributed by atoms with Gasteiger partial charge in [0.15, 0.2) is 0 Å². The minimum Gasteiger partial charge on any atom is -0.392 e. The molecule has 1 saturated carbocycles. The van der Waals surface area contributed by atoms with E-state index in [1.54, 1.807) is 0 Å². The van der Waals surface area contributed by atoms with Crippen LogP contribution in [-0.4, -0.2) is 22.7 Å². The molecule has 15 heavy (non-hydrogen) atoms. The lowest BCUT2D eigenvalue weighted by Crippen LogP contribution is -2.33. The molecule has 3 rings (SSSR count). The predicted octanol–water partition coefficient (Wildman–Crippen LogP) is 1.56. The van der Waals surface area contributed by atoms with E-state index in [-0.39, 0.29) is 6.61 Å². The molecule has 1 aliphatic heterocycles. The third-order valence-electron chi connectivity index (χ3n) is 3.72. The smallest absolute Gasteiger partial charge is 0.134 e. The van der Waals surface area contributed by atoms with Crippen molar-refractivity contribution in [2.45, 2.75) is 31.9 Å². The monoisotopic (exact) mass is 204 g/mol. The molecule has 0 amide bonds. The maximum absolute atomic E-state index is 9.28. The van der Waals surface area contributed by atoms with Gasteiger partial charge in [0.1, 0.15) is 5.82 Å². The van der Waals surface area contributed by atoms with E-state index in [0.717, 1.165) is 23.8 Å². The fourth-order valence-corrected chi connectivity index (χ4v) is 3.00. The standard InChI is InChI=1S/C12H16N2O/c15-8-10-2-1-5-13-12(10)14-7-9-3-4-11(14)6-9/h1-2,5,9,11,15H,3-4,6-8H2. The van der Waals surface area contributed by atoms with Gasteiger partial charge in [-0.25, -0.2) is 4.98 Å². The van der Waals surface area contributed by atoms with E-state index in [1.807, 2.05) is 18.3 Å². The average Bonchev–Trinajstić information content (AvgIpc) is 2.90. The van der Waals surface area contributed by atoms with Gasteiger partial charge in [-0.2, -0.15) is 0 Å². The highest BCUT2D eigenvalue weighted by Gasteiger charge is 2.38. The highest BCUT2D eigenvalue weighted by Crippen LogP contribution is 2.40. The quantitative estimate of drug-likeness (QED) is 0.794. The van der Waals surface area contributed by atoms with Crippen molar-refractivity contribution in [3.63, 3.8) is 0 Å². The first-order valence-electron chi connectivity index (χ1n) is 5.70. The summed E-state index contributed by atoms with van der Waals surface area (Å²) in [5.74, 6) is 1.87. The average molecular weight is 204 g/mol. The summed E-state index contributed by atoms with van der Waals surface area (Å²) < 4.78 is 0. The van der Waals surface area contributed by atoms with Crippen LogP contribution in [0.3, 0.4) is 0 Å². The zero-order valence-electron chi connectivity index (χ0n) is 8.76. The number of piperidine rings is 1. The minimum atomic E-state index is 0.0943. The normalized spacial score (nSPS) is 28.7. The molecule has 1 N–H and O–H groups in total. The van der Waals surface area contributed by atoms with Crippen molar-refractivity contribution in [1.82, 2.24) is 4.98 Å². The van der Waals surface area contributed by atoms with Gasteiger partial charge in [-0.3, -0.25) is 0 Å². The number of pyridine rings is 1. The molecule has 3 nitrogen and oxygen atoms in total. The van der Waals surface area contributed by atoms with Crippen molar-refractivity contribution in [3.8, 4) is 0 Å². The van der Waals surface area contributed by atoms with Gasteiger partial charge < -0.3 is 10.0 Å². The van der Waals surface area contributed by atoms with E-state index in [4.69, 9.17) is 0 Å². The second-order valence-corrected chi connectivity index (χ2v) is 4.63. The van der Waals surface area contributed by atoms with E-state index < -0.39 is 0 Å². The number of nitrogens with zero attached hydrogens (tertiary/aromatic N) is 2. The third kappa shape index (κ3) is 1.42. The summed E-state index contributed by atoms with van der Waals surface area (Å²) in [6.07, 6.45) is 5.82. The Hall–Kier alpha value is -1.09. The zero-order valence-corrected chi connectivity index (χ0v) is 8.76. The lowest BCUT2D eigenvalue weighted by atomic mass is 10.1. The maximum atomic E-state index is 9.28. The molecule has 0 spiro atoms. The van der Waals surface area contributed by atoms with Crippen molar-refractivity contribution < 1.29 is 5.11 Å². The molecule has 1 saturated heterocycles. The molecule has 2 aliphatic rings. The summed E-state index contributed by atoms with van der Waals surface area (Å²) >= 11 is 0. The van der Waals surface area contributed by atoms with Crippen molar-refractivity contribution in [2.75, 3.05) is 11.4 Å². The lowest BCUT2D eigenvalue weighted by molar-refractivity contribution is 0.281. The zero-order chi connectivity index (χ0) is 10.3. The summed E-state index contributed by atoms with van der Waals surface area (Å²) in [5.41, 5.74) is 0.963. The van der Waals surface area contributed by atoms with Crippen LogP contribution in [0, 0.1) is 5.92 Å². The van der Waals surface area contributed by atoms with Crippen LogP contribution in [0.5, 0.6) is 0 Å². The van der Waals surface area contributed by atoms with E-state index in [2.05, 4.69) is 9.88 Å². The number of hydrogen-bond acceptors (Lipinski definition) is 3. The number of anilines is 1. The first-order chi connectivity index (χ1) is 7.38. The summed E-state index contributed by atoms with van der Waals surface area (Å²) in [6, 6.07) is 4.53. The lowest BCUT2D eigenvalue weighted by Gasteiger charge is -2.29. The molecule has 1 aromatic rings. The molecular weight excluding hydrogens is 188 g/mol. The highest BCUT2D eigenvalue weighted by molar-refractivity contribution is 5.49. The molecule has 0 aromatic carbocycles. The Bertz CT molecular complexity index is 366. The van der Waals surface area contributed by atoms with Crippen molar-refractivity contribution in [1.29, 1.82) is 0 Å². The van der Waals surface area contributed by atoms with Gasteiger partial charge in [0.05, 0.1) is 6.61 Å². The second-order valence-electron chi connectivity index (χ2n) is 4.63. The van der Waals surface area contributed by atoms with Gasteiger partial charge in [0.25, 0.3) is 0 Å². The summed E-state index contributed by atoms with van der Waals surface area (Å²) in [4.78, 5) is 6.80. The van der Waals surface area contributed by atoms with Crippen LogP contribution in [0.25, 0.3) is 0 Å². The van der Waals surface area contributed by atoms with E-state index in [0.29, 0.717) is 6.04 Å². The predicted molar refractivity (Wildman–Crippen MR) is 58.6 cm³/mol. The highest BCUT2D eigenvalue weighted by atomic mass is 16.3. The molecule has 2 fully saturated rings. The summed E-state index contributed by atoms with van der Waals surface area (Å²) in [6.45, 7) is 1.23.